The van der Waals surface area contributed by atoms with Crippen molar-refractivity contribution >= 4 is 17.5 Å². The Balaban J connectivity index is 1.78. The first kappa shape index (κ1) is 14.7. The molecule has 1 aliphatic carbocycles. The second-order valence-electron chi connectivity index (χ2n) is 6.90. The Kier molecular flexibility index (Phi) is 2.66. The van der Waals surface area contributed by atoms with Gasteiger partial charge in [-0.05, 0) is 29.7 Å². The highest BCUT2D eigenvalue weighted by atomic mass is 16.6. The molecule has 2 saturated heterocycles. The molecule has 3 aliphatic heterocycles. The quantitative estimate of drug-likeness (QED) is 0.500. The monoisotopic (exact) mass is 340 g/mol. The molecular formula is C19H16O6. The maximum atomic E-state index is 12.4. The molecule has 1 aromatic carbocycles. The zero-order valence-corrected chi connectivity index (χ0v) is 13.5. The maximum Gasteiger partial charge on any atom is 0.320 e. The Morgan fingerprint density at radius 3 is 2.88 bits per heavy atom. The minimum Gasteiger partial charge on any atom is -0.504 e. The molecule has 2 fully saturated rings. The maximum absolute atomic E-state index is 12.4. The molecule has 6 heteroatoms. The fourth-order valence-electron chi connectivity index (χ4n) is 5.01. The van der Waals surface area contributed by atoms with Crippen molar-refractivity contribution in [1.82, 2.24) is 0 Å². The van der Waals surface area contributed by atoms with Gasteiger partial charge in [0, 0.05) is 11.5 Å². The van der Waals surface area contributed by atoms with E-state index in [0.29, 0.717) is 17.7 Å². The van der Waals surface area contributed by atoms with Crippen LogP contribution in [0, 0.1) is 17.8 Å². The van der Waals surface area contributed by atoms with E-state index in [1.54, 1.807) is 12.1 Å². The Morgan fingerprint density at radius 2 is 2.16 bits per heavy atom. The van der Waals surface area contributed by atoms with E-state index in [4.69, 9.17) is 14.2 Å². The predicted octanol–water partition coefficient (Wildman–Crippen LogP) is 1.61. The topological polar surface area (TPSA) is 82.1 Å². The molecule has 1 spiro atoms. The predicted molar refractivity (Wildman–Crippen MR) is 85.7 cm³/mol. The lowest BCUT2D eigenvalue weighted by atomic mass is 9.60. The molecule has 4 aliphatic rings. The minimum atomic E-state index is -1.02. The number of aromatic hydroxyl groups is 1. The summed E-state index contributed by atoms with van der Waals surface area (Å²) in [7, 11) is 1.49. The summed E-state index contributed by atoms with van der Waals surface area (Å²) < 4.78 is 16.4. The third-order valence-corrected chi connectivity index (χ3v) is 5.98. The van der Waals surface area contributed by atoms with Crippen LogP contribution in [0.25, 0.3) is 5.57 Å². The van der Waals surface area contributed by atoms with E-state index >= 15 is 0 Å². The van der Waals surface area contributed by atoms with Gasteiger partial charge < -0.3 is 19.3 Å². The Labute approximate surface area is 143 Å². The van der Waals surface area contributed by atoms with Crippen molar-refractivity contribution in [3.63, 3.8) is 0 Å². The summed E-state index contributed by atoms with van der Waals surface area (Å²) >= 11 is 0. The standard InChI is InChI=1S/C19H16O6/c1-3-9-6-8-4-5-11(23-2)16(20)13(8)10-7-12-14-15(19(9,10)25-12)18(22)24-17(14)21/h3-5,7,9,12,14-15,20H,1,6H2,2H3/t9-,12+,14+,15-,19-/m1/s1. The van der Waals surface area contributed by atoms with Crippen LogP contribution in [-0.4, -0.2) is 35.9 Å². The van der Waals surface area contributed by atoms with E-state index < -0.39 is 35.5 Å². The molecule has 0 amide bonds. The highest BCUT2D eigenvalue weighted by molar-refractivity contribution is 6.03. The van der Waals surface area contributed by atoms with Crippen LogP contribution < -0.4 is 4.74 Å². The normalized spacial score (nSPS) is 37.1. The molecule has 128 valence electrons. The smallest absolute Gasteiger partial charge is 0.320 e. The number of cyclic esters (lactones) is 2. The van der Waals surface area contributed by atoms with Crippen molar-refractivity contribution in [3.05, 3.63) is 42.0 Å². The van der Waals surface area contributed by atoms with Crippen LogP contribution in [0.5, 0.6) is 11.5 Å². The average Bonchev–Trinajstić information content (AvgIpc) is 3.23. The molecule has 0 aromatic heterocycles. The SMILES string of the molecule is C=C[C@@H]1Cc2ccc(OC)c(O)c2C2=C[C@@H]3O[C@@]21[C@H]1C(=O)OC(=O)[C@@H]31. The number of methoxy groups -OCH3 is 1. The van der Waals surface area contributed by atoms with E-state index in [1.165, 1.54) is 7.11 Å². The van der Waals surface area contributed by atoms with Crippen molar-refractivity contribution in [2.45, 2.75) is 18.1 Å². The van der Waals surface area contributed by atoms with Crippen molar-refractivity contribution in [2.75, 3.05) is 7.11 Å². The zero-order chi connectivity index (χ0) is 17.5. The second kappa shape index (κ2) is 4.52. The summed E-state index contributed by atoms with van der Waals surface area (Å²) in [5.41, 5.74) is 1.28. The number of ether oxygens (including phenoxy) is 3. The van der Waals surface area contributed by atoms with Crippen molar-refractivity contribution in [1.29, 1.82) is 0 Å². The lowest BCUT2D eigenvalue weighted by Crippen LogP contribution is -2.49. The third-order valence-electron chi connectivity index (χ3n) is 5.98. The molecular weight excluding hydrogens is 324 g/mol. The number of hydrogen-bond donors (Lipinski definition) is 1. The van der Waals surface area contributed by atoms with E-state index in [9.17, 15) is 14.7 Å². The highest BCUT2D eigenvalue weighted by Gasteiger charge is 2.72. The number of carbonyl (C=O) groups excluding carboxylic acids is 2. The van der Waals surface area contributed by atoms with Gasteiger partial charge in [-0.3, -0.25) is 9.59 Å². The van der Waals surface area contributed by atoms with Crippen molar-refractivity contribution < 1.29 is 28.9 Å². The first-order valence-electron chi connectivity index (χ1n) is 8.20. The van der Waals surface area contributed by atoms with E-state index in [0.717, 1.165) is 11.1 Å². The first-order valence-corrected chi connectivity index (χ1v) is 8.20. The minimum absolute atomic E-state index is 0.0264. The summed E-state index contributed by atoms with van der Waals surface area (Å²) in [6.07, 6.45) is 3.62. The third kappa shape index (κ3) is 1.49. The molecule has 1 aromatic rings. The van der Waals surface area contributed by atoms with Gasteiger partial charge in [0.2, 0.25) is 0 Å². The lowest BCUT2D eigenvalue weighted by Gasteiger charge is -2.43. The van der Waals surface area contributed by atoms with Crippen LogP contribution in [0.15, 0.2) is 30.9 Å². The molecule has 0 saturated carbocycles. The van der Waals surface area contributed by atoms with Gasteiger partial charge in [-0.2, -0.15) is 0 Å². The van der Waals surface area contributed by atoms with Crippen LogP contribution in [-0.2, 0) is 25.5 Å². The van der Waals surface area contributed by atoms with Gasteiger partial charge in [-0.15, -0.1) is 6.58 Å². The number of phenols is 1. The zero-order valence-electron chi connectivity index (χ0n) is 13.5. The number of esters is 2. The summed E-state index contributed by atoms with van der Waals surface area (Å²) in [6.45, 7) is 3.91. The van der Waals surface area contributed by atoms with E-state index in [1.807, 2.05) is 12.1 Å². The van der Waals surface area contributed by atoms with E-state index in [2.05, 4.69) is 6.58 Å². The van der Waals surface area contributed by atoms with Gasteiger partial charge in [0.1, 0.15) is 17.4 Å². The van der Waals surface area contributed by atoms with Gasteiger partial charge in [-0.25, -0.2) is 0 Å². The number of benzene rings is 1. The van der Waals surface area contributed by atoms with Crippen molar-refractivity contribution in [3.8, 4) is 11.5 Å². The number of phenolic OH excluding ortho intramolecular Hbond substituents is 1. The Morgan fingerprint density at radius 1 is 1.36 bits per heavy atom. The fraction of sp³-hybridized carbons (Fsp3) is 0.368. The molecule has 1 N–H and O–H groups in total. The Hall–Kier alpha value is -2.60. The average molecular weight is 340 g/mol. The summed E-state index contributed by atoms with van der Waals surface area (Å²) in [6, 6.07) is 3.62. The van der Waals surface area contributed by atoms with Gasteiger partial charge in [-0.1, -0.05) is 12.1 Å². The first-order chi connectivity index (χ1) is 12.0. The van der Waals surface area contributed by atoms with Crippen LogP contribution in [0.1, 0.15) is 11.1 Å². The number of rotatable bonds is 2. The molecule has 2 bridgehead atoms. The van der Waals surface area contributed by atoms with Crippen LogP contribution >= 0.6 is 0 Å². The molecule has 0 radical (unpaired) electrons. The largest absolute Gasteiger partial charge is 0.504 e. The van der Waals surface area contributed by atoms with Gasteiger partial charge in [0.05, 0.1) is 13.2 Å². The van der Waals surface area contributed by atoms with Gasteiger partial charge in [0.25, 0.3) is 0 Å². The number of hydrogen-bond acceptors (Lipinski definition) is 6. The highest BCUT2D eigenvalue weighted by Crippen LogP contribution is 2.64. The van der Waals surface area contributed by atoms with Gasteiger partial charge in [0.15, 0.2) is 11.5 Å². The number of fused-ring (bicyclic) bond motifs is 5. The van der Waals surface area contributed by atoms with Crippen LogP contribution in [0.4, 0.5) is 0 Å². The van der Waals surface area contributed by atoms with Crippen LogP contribution in [0.2, 0.25) is 0 Å². The molecule has 5 atom stereocenters. The van der Waals surface area contributed by atoms with Crippen LogP contribution in [0.3, 0.4) is 0 Å². The lowest BCUT2D eigenvalue weighted by molar-refractivity contribution is -0.159. The molecule has 3 heterocycles. The fourth-order valence-corrected chi connectivity index (χ4v) is 5.01. The molecule has 6 nitrogen and oxygen atoms in total. The summed E-state index contributed by atoms with van der Waals surface area (Å²) in [5.74, 6) is -2.22. The van der Waals surface area contributed by atoms with Gasteiger partial charge >= 0.3 is 11.9 Å². The molecule has 0 unspecified atom stereocenters. The number of carbonyl (C=O) groups is 2. The summed E-state index contributed by atoms with van der Waals surface area (Å²) in [4.78, 5) is 24.5. The van der Waals surface area contributed by atoms with E-state index in [-0.39, 0.29) is 11.7 Å². The van der Waals surface area contributed by atoms with Crippen molar-refractivity contribution in [2.24, 2.45) is 17.8 Å². The Bertz CT molecular complexity index is 884. The second-order valence-corrected chi connectivity index (χ2v) is 6.90. The summed E-state index contributed by atoms with van der Waals surface area (Å²) in [5, 5.41) is 10.7. The molecule has 5 rings (SSSR count). The molecule has 25 heavy (non-hydrogen) atoms.